The molecular formula is C16H12BrN3. The van der Waals surface area contributed by atoms with Crippen LogP contribution in [0, 0.1) is 29.6 Å². The van der Waals surface area contributed by atoms with Crippen molar-refractivity contribution in [2.24, 2.45) is 0 Å². The highest BCUT2D eigenvalue weighted by Crippen LogP contribution is 2.21. The maximum atomic E-state index is 9.12. The molecule has 0 aromatic heterocycles. The van der Waals surface area contributed by atoms with Gasteiger partial charge in [-0.1, -0.05) is 22.0 Å². The Morgan fingerprint density at radius 1 is 1.10 bits per heavy atom. The molecule has 1 N–H and O–H groups in total. The molecule has 2 rings (SSSR count). The summed E-state index contributed by atoms with van der Waals surface area (Å²) in [6.45, 7) is 2.60. The van der Waals surface area contributed by atoms with Crippen LogP contribution in [0.3, 0.4) is 0 Å². The van der Waals surface area contributed by atoms with Crippen molar-refractivity contribution in [3.63, 3.8) is 0 Å². The lowest BCUT2D eigenvalue weighted by molar-refractivity contribution is 1.11. The molecule has 0 unspecified atom stereocenters. The van der Waals surface area contributed by atoms with Gasteiger partial charge in [-0.25, -0.2) is 0 Å². The molecule has 3 nitrogen and oxygen atoms in total. The maximum absolute atomic E-state index is 9.12. The molecule has 98 valence electrons. The summed E-state index contributed by atoms with van der Waals surface area (Å²) in [6.07, 6.45) is 0. The number of rotatable bonds is 3. The quantitative estimate of drug-likeness (QED) is 0.923. The first-order chi connectivity index (χ1) is 9.63. The van der Waals surface area contributed by atoms with Gasteiger partial charge < -0.3 is 5.32 Å². The van der Waals surface area contributed by atoms with Crippen LogP contribution in [0.4, 0.5) is 5.69 Å². The normalized spacial score (nSPS) is 9.60. The molecule has 0 bridgehead atoms. The molecule has 0 aliphatic carbocycles. The lowest BCUT2D eigenvalue weighted by atomic mass is 10.1. The first-order valence-corrected chi connectivity index (χ1v) is 6.86. The number of hydrogen-bond acceptors (Lipinski definition) is 3. The van der Waals surface area contributed by atoms with Crippen molar-refractivity contribution in [1.82, 2.24) is 0 Å². The predicted octanol–water partition coefficient (Wildman–Crippen LogP) is 4.11. The number of nitrogens with zero attached hydrogens (tertiary/aromatic N) is 2. The van der Waals surface area contributed by atoms with Crippen LogP contribution < -0.4 is 5.32 Å². The van der Waals surface area contributed by atoms with Crippen LogP contribution in [0.15, 0.2) is 40.9 Å². The van der Waals surface area contributed by atoms with E-state index in [2.05, 4.69) is 33.4 Å². The van der Waals surface area contributed by atoms with Crippen LogP contribution in [0.2, 0.25) is 0 Å². The highest BCUT2D eigenvalue weighted by atomic mass is 79.9. The van der Waals surface area contributed by atoms with E-state index in [-0.39, 0.29) is 0 Å². The minimum Gasteiger partial charge on any atom is -0.380 e. The summed E-state index contributed by atoms with van der Waals surface area (Å²) in [4.78, 5) is 0. The zero-order valence-electron chi connectivity index (χ0n) is 10.9. The highest BCUT2D eigenvalue weighted by Gasteiger charge is 2.04. The first kappa shape index (κ1) is 14.1. The van der Waals surface area contributed by atoms with Crippen molar-refractivity contribution in [3.8, 4) is 12.1 Å². The Kier molecular flexibility index (Phi) is 4.40. The molecular weight excluding hydrogens is 314 g/mol. The molecule has 0 aliphatic heterocycles. The molecule has 0 saturated heterocycles. The average molecular weight is 326 g/mol. The van der Waals surface area contributed by atoms with Crippen LogP contribution in [0.5, 0.6) is 0 Å². The minimum absolute atomic E-state index is 0.602. The van der Waals surface area contributed by atoms with E-state index in [1.54, 1.807) is 12.1 Å². The summed E-state index contributed by atoms with van der Waals surface area (Å²) in [5.74, 6) is 0. The third-order valence-electron chi connectivity index (χ3n) is 3.04. The van der Waals surface area contributed by atoms with Crippen LogP contribution in [0.25, 0.3) is 0 Å². The summed E-state index contributed by atoms with van der Waals surface area (Å²) >= 11 is 3.35. The molecule has 2 aromatic rings. The van der Waals surface area contributed by atoms with E-state index in [1.165, 1.54) is 0 Å². The summed E-state index contributed by atoms with van der Waals surface area (Å²) < 4.78 is 0.883. The zero-order valence-corrected chi connectivity index (χ0v) is 12.5. The van der Waals surface area contributed by atoms with Crippen LogP contribution in [-0.2, 0) is 6.54 Å². The Bertz CT molecular complexity index is 723. The monoisotopic (exact) mass is 325 g/mol. The smallest absolute Gasteiger partial charge is 0.101 e. The lowest BCUT2D eigenvalue weighted by Gasteiger charge is -2.11. The van der Waals surface area contributed by atoms with Crippen molar-refractivity contribution >= 4 is 21.6 Å². The predicted molar refractivity (Wildman–Crippen MR) is 82.1 cm³/mol. The van der Waals surface area contributed by atoms with E-state index in [1.807, 2.05) is 31.2 Å². The van der Waals surface area contributed by atoms with E-state index in [4.69, 9.17) is 10.5 Å². The van der Waals surface area contributed by atoms with E-state index in [0.717, 1.165) is 21.3 Å². The van der Waals surface area contributed by atoms with Gasteiger partial charge in [0.15, 0.2) is 0 Å². The van der Waals surface area contributed by atoms with Crippen LogP contribution in [-0.4, -0.2) is 0 Å². The van der Waals surface area contributed by atoms with Crippen molar-refractivity contribution in [1.29, 1.82) is 10.5 Å². The van der Waals surface area contributed by atoms with Gasteiger partial charge in [-0.2, -0.15) is 10.5 Å². The standard InChI is InChI=1S/C16H12BrN3/c1-11-6-12(8-18)2-3-13(11)10-20-16-5-4-15(17)7-14(16)9-19/h2-7,20H,10H2,1H3. The van der Waals surface area contributed by atoms with Gasteiger partial charge in [0, 0.05) is 11.0 Å². The van der Waals surface area contributed by atoms with Crippen LogP contribution in [0.1, 0.15) is 22.3 Å². The SMILES string of the molecule is Cc1cc(C#N)ccc1CNc1ccc(Br)cc1C#N. The molecule has 0 aliphatic rings. The van der Waals surface area contributed by atoms with Gasteiger partial charge in [0.1, 0.15) is 6.07 Å². The van der Waals surface area contributed by atoms with E-state index < -0.39 is 0 Å². The average Bonchev–Trinajstić information content (AvgIpc) is 2.46. The minimum atomic E-state index is 0.602. The van der Waals surface area contributed by atoms with Gasteiger partial charge in [0.2, 0.25) is 0 Å². The van der Waals surface area contributed by atoms with E-state index in [9.17, 15) is 0 Å². The maximum Gasteiger partial charge on any atom is 0.101 e. The Morgan fingerprint density at radius 3 is 2.55 bits per heavy atom. The Balaban J connectivity index is 2.18. The Morgan fingerprint density at radius 2 is 1.90 bits per heavy atom. The number of halogens is 1. The van der Waals surface area contributed by atoms with Crippen molar-refractivity contribution < 1.29 is 0 Å². The summed E-state index contributed by atoms with van der Waals surface area (Å²) in [5, 5.41) is 21.2. The Hall–Kier alpha value is -2.30. The molecule has 4 heteroatoms. The third kappa shape index (κ3) is 3.17. The number of anilines is 1. The first-order valence-electron chi connectivity index (χ1n) is 6.07. The summed E-state index contributed by atoms with van der Waals surface area (Å²) in [5.41, 5.74) is 4.24. The van der Waals surface area contributed by atoms with Gasteiger partial charge in [0.25, 0.3) is 0 Å². The third-order valence-corrected chi connectivity index (χ3v) is 3.54. The molecule has 0 fully saturated rings. The second kappa shape index (κ2) is 6.23. The fourth-order valence-corrected chi connectivity index (χ4v) is 2.28. The van der Waals surface area contributed by atoms with Gasteiger partial charge in [-0.05, 0) is 48.4 Å². The van der Waals surface area contributed by atoms with Gasteiger partial charge in [-0.15, -0.1) is 0 Å². The number of nitrogens with one attached hydrogen (secondary N) is 1. The topological polar surface area (TPSA) is 59.6 Å². The fourth-order valence-electron chi connectivity index (χ4n) is 1.92. The summed E-state index contributed by atoms with van der Waals surface area (Å²) in [6, 6.07) is 15.5. The summed E-state index contributed by atoms with van der Waals surface area (Å²) in [7, 11) is 0. The van der Waals surface area contributed by atoms with Crippen molar-refractivity contribution in [2.75, 3.05) is 5.32 Å². The molecule has 0 heterocycles. The highest BCUT2D eigenvalue weighted by molar-refractivity contribution is 9.10. The molecule has 0 amide bonds. The van der Waals surface area contributed by atoms with Crippen molar-refractivity contribution in [3.05, 3.63) is 63.1 Å². The second-order valence-corrected chi connectivity index (χ2v) is 5.32. The molecule has 0 atom stereocenters. The second-order valence-electron chi connectivity index (χ2n) is 4.41. The van der Waals surface area contributed by atoms with Gasteiger partial charge in [-0.3, -0.25) is 0 Å². The number of hydrogen-bond donors (Lipinski definition) is 1. The molecule has 0 radical (unpaired) electrons. The largest absolute Gasteiger partial charge is 0.380 e. The van der Waals surface area contributed by atoms with Gasteiger partial charge in [0.05, 0.1) is 22.9 Å². The fraction of sp³-hybridized carbons (Fsp3) is 0.125. The molecule has 2 aromatic carbocycles. The number of aryl methyl sites for hydroxylation is 1. The Labute approximate surface area is 126 Å². The molecule has 0 saturated carbocycles. The molecule has 20 heavy (non-hydrogen) atoms. The number of nitriles is 2. The van der Waals surface area contributed by atoms with Crippen molar-refractivity contribution in [2.45, 2.75) is 13.5 Å². The van der Waals surface area contributed by atoms with E-state index in [0.29, 0.717) is 17.7 Å². The van der Waals surface area contributed by atoms with Crippen LogP contribution >= 0.6 is 15.9 Å². The lowest BCUT2D eigenvalue weighted by Crippen LogP contribution is -2.03. The zero-order chi connectivity index (χ0) is 14.5. The van der Waals surface area contributed by atoms with E-state index >= 15 is 0 Å². The molecule has 0 spiro atoms. The van der Waals surface area contributed by atoms with Gasteiger partial charge >= 0.3 is 0 Å². The number of benzene rings is 2.